The van der Waals surface area contributed by atoms with E-state index in [0.29, 0.717) is 12.0 Å². The zero-order chi connectivity index (χ0) is 14.7. The van der Waals surface area contributed by atoms with Crippen LogP contribution in [0.15, 0.2) is 24.8 Å². The molecule has 0 spiro atoms. The fraction of sp³-hybridized carbons (Fsp3) is 0.562. The molecule has 0 unspecified atom stereocenters. The number of hydrogen-bond acceptors (Lipinski definition) is 4. The maximum Gasteiger partial charge on any atom is 0.0916 e. The lowest BCUT2D eigenvalue weighted by Crippen LogP contribution is -2.31. The Morgan fingerprint density at radius 3 is 2.81 bits per heavy atom. The Morgan fingerprint density at radius 1 is 1.29 bits per heavy atom. The Labute approximate surface area is 125 Å². The molecule has 2 aromatic heterocycles. The van der Waals surface area contributed by atoms with Crippen LogP contribution in [0.3, 0.4) is 0 Å². The van der Waals surface area contributed by atoms with Crippen molar-refractivity contribution in [2.45, 2.75) is 39.2 Å². The van der Waals surface area contributed by atoms with Gasteiger partial charge in [-0.3, -0.25) is 14.6 Å². The van der Waals surface area contributed by atoms with Crippen molar-refractivity contribution in [3.63, 3.8) is 0 Å². The van der Waals surface area contributed by atoms with E-state index in [0.717, 1.165) is 36.5 Å². The maximum absolute atomic E-state index is 4.58. The lowest BCUT2D eigenvalue weighted by atomic mass is 9.95. The third-order valence-corrected chi connectivity index (χ3v) is 4.03. The van der Waals surface area contributed by atoms with Crippen LogP contribution in [-0.2, 0) is 6.42 Å². The number of hydrogen-bond donors (Lipinski definition) is 1. The molecule has 2 aromatic rings. The van der Waals surface area contributed by atoms with Gasteiger partial charge in [-0.1, -0.05) is 0 Å². The van der Waals surface area contributed by atoms with Crippen molar-refractivity contribution in [1.29, 1.82) is 0 Å². The average Bonchev–Trinajstić information content (AvgIpc) is 2.99. The highest BCUT2D eigenvalue weighted by molar-refractivity contribution is 5.55. The summed E-state index contributed by atoms with van der Waals surface area (Å²) in [6, 6.07) is 0.366. The molecular formula is C16H23N5. The van der Waals surface area contributed by atoms with E-state index in [1.807, 2.05) is 29.5 Å². The summed E-state index contributed by atoms with van der Waals surface area (Å²) in [5, 5.41) is 7.80. The highest BCUT2D eigenvalue weighted by Gasteiger charge is 2.14. The van der Waals surface area contributed by atoms with Gasteiger partial charge in [-0.05, 0) is 52.1 Å². The fourth-order valence-corrected chi connectivity index (χ4v) is 2.76. The lowest BCUT2D eigenvalue weighted by Gasteiger charge is -2.22. The quantitative estimate of drug-likeness (QED) is 0.937. The largest absolute Gasteiger partial charge is 0.316 e. The number of aromatic nitrogens is 4. The molecule has 1 N–H and O–H groups in total. The van der Waals surface area contributed by atoms with E-state index in [-0.39, 0.29) is 0 Å². The normalized spacial score (nSPS) is 19.1. The highest BCUT2D eigenvalue weighted by atomic mass is 15.3. The molecule has 5 heteroatoms. The summed E-state index contributed by atoms with van der Waals surface area (Å²) in [5.41, 5.74) is 3.01. The van der Waals surface area contributed by atoms with Gasteiger partial charge in [0.1, 0.15) is 0 Å². The third kappa shape index (κ3) is 3.47. The van der Waals surface area contributed by atoms with Crippen molar-refractivity contribution in [1.82, 2.24) is 25.1 Å². The highest BCUT2D eigenvalue weighted by Crippen LogP contribution is 2.19. The summed E-state index contributed by atoms with van der Waals surface area (Å²) in [7, 11) is 0. The molecule has 0 radical (unpaired) electrons. The Hall–Kier alpha value is -1.75. The van der Waals surface area contributed by atoms with E-state index in [2.05, 4.69) is 34.2 Å². The zero-order valence-electron chi connectivity index (χ0n) is 12.8. The van der Waals surface area contributed by atoms with E-state index in [4.69, 9.17) is 0 Å². The average molecular weight is 285 g/mol. The molecule has 0 aliphatic carbocycles. The molecule has 1 atom stereocenters. The van der Waals surface area contributed by atoms with Gasteiger partial charge in [0.15, 0.2) is 0 Å². The van der Waals surface area contributed by atoms with Gasteiger partial charge in [-0.2, -0.15) is 5.10 Å². The van der Waals surface area contributed by atoms with Gasteiger partial charge in [0.25, 0.3) is 0 Å². The Morgan fingerprint density at radius 2 is 2.19 bits per heavy atom. The Balaban J connectivity index is 1.68. The van der Waals surface area contributed by atoms with E-state index in [9.17, 15) is 0 Å². The van der Waals surface area contributed by atoms with E-state index < -0.39 is 0 Å². The molecule has 0 bridgehead atoms. The molecule has 3 heterocycles. The van der Waals surface area contributed by atoms with Gasteiger partial charge in [0, 0.05) is 24.0 Å². The first-order valence-corrected chi connectivity index (χ1v) is 7.78. The van der Waals surface area contributed by atoms with Gasteiger partial charge in [0.2, 0.25) is 0 Å². The van der Waals surface area contributed by atoms with Crippen molar-refractivity contribution >= 4 is 0 Å². The smallest absolute Gasteiger partial charge is 0.0916 e. The van der Waals surface area contributed by atoms with Crippen LogP contribution in [-0.4, -0.2) is 32.8 Å². The van der Waals surface area contributed by atoms with Crippen molar-refractivity contribution < 1.29 is 0 Å². The van der Waals surface area contributed by atoms with Crippen LogP contribution in [0.4, 0.5) is 0 Å². The minimum absolute atomic E-state index is 0.366. The molecule has 1 fully saturated rings. The maximum atomic E-state index is 4.58. The lowest BCUT2D eigenvalue weighted by molar-refractivity contribution is 0.373. The number of nitrogens with one attached hydrogen (secondary N) is 1. The van der Waals surface area contributed by atoms with Crippen LogP contribution >= 0.6 is 0 Å². The number of rotatable bonds is 4. The predicted octanol–water partition coefficient (Wildman–Crippen LogP) is 2.46. The first-order valence-electron chi connectivity index (χ1n) is 7.78. The summed E-state index contributed by atoms with van der Waals surface area (Å²) < 4.78 is 1.94. The predicted molar refractivity (Wildman–Crippen MR) is 82.9 cm³/mol. The first-order chi connectivity index (χ1) is 10.2. The second-order valence-electron chi connectivity index (χ2n) is 6.11. The van der Waals surface area contributed by atoms with Crippen LogP contribution in [0.2, 0.25) is 0 Å². The second kappa shape index (κ2) is 6.35. The van der Waals surface area contributed by atoms with Crippen LogP contribution < -0.4 is 5.32 Å². The molecule has 5 nitrogen and oxygen atoms in total. The van der Waals surface area contributed by atoms with Gasteiger partial charge in [-0.25, -0.2) is 0 Å². The van der Waals surface area contributed by atoms with Crippen molar-refractivity contribution in [3.05, 3.63) is 30.5 Å². The van der Waals surface area contributed by atoms with E-state index >= 15 is 0 Å². The Kier molecular flexibility index (Phi) is 4.29. The van der Waals surface area contributed by atoms with Gasteiger partial charge < -0.3 is 5.32 Å². The SMILES string of the molecule is CC(C)n1cc(-c2cnc(C[C@@H]3CCCNC3)cn2)cn1. The standard InChI is InChI=1S/C16H23N5/c1-12(2)21-11-14(8-20-21)16-10-18-15(9-19-16)6-13-4-3-5-17-7-13/h8-13,17H,3-7H2,1-2H3/t13-/m0/s1. The second-order valence-corrected chi connectivity index (χ2v) is 6.11. The molecule has 21 heavy (non-hydrogen) atoms. The van der Waals surface area contributed by atoms with E-state index in [1.54, 1.807) is 0 Å². The summed E-state index contributed by atoms with van der Waals surface area (Å²) in [4.78, 5) is 9.13. The van der Waals surface area contributed by atoms with Crippen molar-refractivity contribution in [2.24, 2.45) is 5.92 Å². The number of piperidine rings is 1. The van der Waals surface area contributed by atoms with Crippen LogP contribution in [0.1, 0.15) is 38.4 Å². The van der Waals surface area contributed by atoms with Gasteiger partial charge in [0.05, 0.1) is 23.8 Å². The summed E-state index contributed by atoms with van der Waals surface area (Å²) in [6.45, 7) is 6.49. The molecule has 0 amide bonds. The molecule has 1 aliphatic heterocycles. The molecule has 112 valence electrons. The minimum atomic E-state index is 0.366. The molecule has 0 aromatic carbocycles. The monoisotopic (exact) mass is 285 g/mol. The summed E-state index contributed by atoms with van der Waals surface area (Å²) in [6.07, 6.45) is 11.2. The van der Waals surface area contributed by atoms with Crippen LogP contribution in [0.5, 0.6) is 0 Å². The van der Waals surface area contributed by atoms with Crippen LogP contribution in [0, 0.1) is 5.92 Å². The summed E-state index contributed by atoms with van der Waals surface area (Å²) in [5.74, 6) is 0.697. The molecule has 3 rings (SSSR count). The first kappa shape index (κ1) is 14.2. The molecule has 1 saturated heterocycles. The van der Waals surface area contributed by atoms with E-state index in [1.165, 1.54) is 12.8 Å². The topological polar surface area (TPSA) is 55.6 Å². The zero-order valence-corrected chi connectivity index (χ0v) is 12.8. The Bertz CT molecular complexity index is 567. The van der Waals surface area contributed by atoms with Gasteiger partial charge >= 0.3 is 0 Å². The summed E-state index contributed by atoms with van der Waals surface area (Å²) >= 11 is 0. The minimum Gasteiger partial charge on any atom is -0.316 e. The van der Waals surface area contributed by atoms with Gasteiger partial charge in [-0.15, -0.1) is 0 Å². The van der Waals surface area contributed by atoms with Crippen molar-refractivity contribution in [2.75, 3.05) is 13.1 Å². The fourth-order valence-electron chi connectivity index (χ4n) is 2.76. The number of nitrogens with zero attached hydrogens (tertiary/aromatic N) is 4. The van der Waals surface area contributed by atoms with Crippen molar-refractivity contribution in [3.8, 4) is 11.3 Å². The molecule has 1 aliphatic rings. The third-order valence-electron chi connectivity index (χ3n) is 4.03. The van der Waals surface area contributed by atoms with Crippen LogP contribution in [0.25, 0.3) is 11.3 Å². The molecular weight excluding hydrogens is 262 g/mol. The molecule has 0 saturated carbocycles.